The van der Waals surface area contributed by atoms with Crippen molar-refractivity contribution in [2.24, 2.45) is 5.92 Å². The number of likely N-dealkylation sites (tertiary alicyclic amines) is 1. The van der Waals surface area contributed by atoms with Gasteiger partial charge in [-0.2, -0.15) is 0 Å². The van der Waals surface area contributed by atoms with Gasteiger partial charge in [-0.05, 0) is 25.0 Å². The Hall–Kier alpha value is -2.42. The zero-order valence-electron chi connectivity index (χ0n) is 16.5. The molecule has 2 aliphatic rings. The molecule has 2 aliphatic heterocycles. The lowest BCUT2D eigenvalue weighted by molar-refractivity contribution is -0.0956. The Balaban J connectivity index is 1.34. The fourth-order valence-electron chi connectivity index (χ4n) is 4.08. The molecule has 2 saturated heterocycles. The molecule has 7 nitrogen and oxygen atoms in total. The number of para-hydroxylation sites is 1. The summed E-state index contributed by atoms with van der Waals surface area (Å²) in [5.74, 6) is 1.29. The molecule has 0 aliphatic carbocycles. The molecule has 156 valence electrons. The van der Waals surface area contributed by atoms with Gasteiger partial charge >= 0.3 is 0 Å². The van der Waals surface area contributed by atoms with Gasteiger partial charge in [-0.1, -0.05) is 30.0 Å². The van der Waals surface area contributed by atoms with Gasteiger partial charge in [0, 0.05) is 48.1 Å². The third kappa shape index (κ3) is 3.95. The van der Waals surface area contributed by atoms with Gasteiger partial charge in [0.15, 0.2) is 17.2 Å². The van der Waals surface area contributed by atoms with Gasteiger partial charge in [0.05, 0.1) is 13.2 Å². The lowest BCUT2D eigenvalue weighted by atomic mass is 9.96. The highest BCUT2D eigenvalue weighted by Gasteiger charge is 2.33. The number of aromatic nitrogens is 2. The summed E-state index contributed by atoms with van der Waals surface area (Å²) in [5.41, 5.74) is 1.63. The SMILES string of the molecule is O=C(c1oc2ccccc2c1CSc1ncccn1)N1CCC(C2OCCO2)CC1. The van der Waals surface area contributed by atoms with E-state index < -0.39 is 0 Å². The lowest BCUT2D eigenvalue weighted by Crippen LogP contribution is -2.41. The number of piperidine rings is 1. The van der Waals surface area contributed by atoms with Crippen LogP contribution in [0.1, 0.15) is 29.0 Å². The molecule has 1 amide bonds. The number of furan rings is 1. The van der Waals surface area contributed by atoms with E-state index in [0.29, 0.717) is 48.9 Å². The van der Waals surface area contributed by atoms with Crippen LogP contribution in [0.2, 0.25) is 0 Å². The Morgan fingerprint density at radius 1 is 1.07 bits per heavy atom. The van der Waals surface area contributed by atoms with Crippen molar-refractivity contribution in [3.63, 3.8) is 0 Å². The second kappa shape index (κ2) is 8.75. The zero-order chi connectivity index (χ0) is 20.3. The molecular weight excluding hydrogens is 402 g/mol. The molecule has 2 fully saturated rings. The van der Waals surface area contributed by atoms with Crippen LogP contribution in [0.5, 0.6) is 0 Å². The summed E-state index contributed by atoms with van der Waals surface area (Å²) in [6.45, 7) is 2.68. The van der Waals surface area contributed by atoms with Crippen molar-refractivity contribution in [2.45, 2.75) is 30.0 Å². The van der Waals surface area contributed by atoms with Crippen molar-refractivity contribution in [1.29, 1.82) is 0 Å². The van der Waals surface area contributed by atoms with Crippen molar-refractivity contribution in [2.75, 3.05) is 26.3 Å². The van der Waals surface area contributed by atoms with Crippen LogP contribution >= 0.6 is 11.8 Å². The maximum Gasteiger partial charge on any atom is 0.289 e. The maximum atomic E-state index is 13.4. The summed E-state index contributed by atoms with van der Waals surface area (Å²) in [5, 5.41) is 1.64. The molecule has 5 rings (SSSR count). The van der Waals surface area contributed by atoms with Crippen LogP contribution in [0.4, 0.5) is 0 Å². The second-order valence-electron chi connectivity index (χ2n) is 7.47. The topological polar surface area (TPSA) is 77.7 Å². The van der Waals surface area contributed by atoms with Gasteiger partial charge in [0.1, 0.15) is 5.58 Å². The van der Waals surface area contributed by atoms with E-state index in [-0.39, 0.29) is 12.2 Å². The number of ether oxygens (including phenoxy) is 2. The monoisotopic (exact) mass is 425 g/mol. The van der Waals surface area contributed by atoms with Gasteiger partial charge in [0.2, 0.25) is 0 Å². The molecular formula is C22H23N3O4S. The average molecular weight is 426 g/mol. The minimum Gasteiger partial charge on any atom is -0.451 e. The van der Waals surface area contributed by atoms with Crippen molar-refractivity contribution in [3.05, 3.63) is 54.0 Å². The van der Waals surface area contributed by atoms with Crippen LogP contribution in [0, 0.1) is 5.92 Å². The largest absolute Gasteiger partial charge is 0.451 e. The molecule has 2 aromatic heterocycles. The van der Waals surface area contributed by atoms with Gasteiger partial charge < -0.3 is 18.8 Å². The van der Waals surface area contributed by atoms with Crippen LogP contribution in [-0.2, 0) is 15.2 Å². The van der Waals surface area contributed by atoms with Crippen LogP contribution < -0.4 is 0 Å². The number of rotatable bonds is 5. The summed E-state index contributed by atoms with van der Waals surface area (Å²) in [6.07, 6.45) is 5.07. The minimum atomic E-state index is -0.119. The average Bonchev–Trinajstić information content (AvgIpc) is 3.46. The van der Waals surface area contributed by atoms with E-state index in [0.717, 1.165) is 29.4 Å². The van der Waals surface area contributed by atoms with E-state index in [1.807, 2.05) is 29.2 Å². The van der Waals surface area contributed by atoms with Crippen molar-refractivity contribution in [1.82, 2.24) is 14.9 Å². The summed E-state index contributed by atoms with van der Waals surface area (Å²) in [6, 6.07) is 9.58. The molecule has 0 spiro atoms. The number of amides is 1. The number of thioether (sulfide) groups is 1. The first-order valence-electron chi connectivity index (χ1n) is 10.2. The number of hydrogen-bond donors (Lipinski definition) is 0. The number of fused-ring (bicyclic) bond motifs is 1. The van der Waals surface area contributed by atoms with Crippen molar-refractivity contribution in [3.8, 4) is 0 Å². The number of carbonyl (C=O) groups excluding carboxylic acids is 1. The third-order valence-electron chi connectivity index (χ3n) is 5.64. The molecule has 1 aromatic carbocycles. The zero-order valence-corrected chi connectivity index (χ0v) is 17.3. The molecule has 0 bridgehead atoms. The molecule has 3 aromatic rings. The Morgan fingerprint density at radius 2 is 1.80 bits per heavy atom. The molecule has 8 heteroatoms. The highest BCUT2D eigenvalue weighted by molar-refractivity contribution is 7.98. The molecule has 0 N–H and O–H groups in total. The molecule has 30 heavy (non-hydrogen) atoms. The summed E-state index contributed by atoms with van der Waals surface area (Å²) in [7, 11) is 0. The van der Waals surface area contributed by atoms with Gasteiger partial charge in [0.25, 0.3) is 5.91 Å². The van der Waals surface area contributed by atoms with Crippen LogP contribution in [0.25, 0.3) is 11.0 Å². The summed E-state index contributed by atoms with van der Waals surface area (Å²) in [4.78, 5) is 23.8. The second-order valence-corrected chi connectivity index (χ2v) is 8.41. The predicted octanol–water partition coefficient (Wildman–Crippen LogP) is 3.74. The van der Waals surface area contributed by atoms with Crippen molar-refractivity contribution < 1.29 is 18.7 Å². The van der Waals surface area contributed by atoms with E-state index in [4.69, 9.17) is 13.9 Å². The predicted molar refractivity (Wildman–Crippen MR) is 112 cm³/mol. The van der Waals surface area contributed by atoms with Gasteiger partial charge in [-0.25, -0.2) is 9.97 Å². The van der Waals surface area contributed by atoms with E-state index in [9.17, 15) is 4.79 Å². The minimum absolute atomic E-state index is 0.0533. The highest BCUT2D eigenvalue weighted by Crippen LogP contribution is 2.33. The number of carbonyl (C=O) groups is 1. The first-order valence-corrected chi connectivity index (χ1v) is 11.2. The van der Waals surface area contributed by atoms with Crippen LogP contribution in [-0.4, -0.2) is 53.4 Å². The maximum absolute atomic E-state index is 13.4. The fraction of sp³-hybridized carbons (Fsp3) is 0.409. The first-order chi connectivity index (χ1) is 14.8. The molecule has 0 radical (unpaired) electrons. The highest BCUT2D eigenvalue weighted by atomic mass is 32.2. The Bertz CT molecular complexity index is 1010. The molecule has 0 atom stereocenters. The normalized spacial score (nSPS) is 18.3. The number of hydrogen-bond acceptors (Lipinski definition) is 7. The molecule has 0 saturated carbocycles. The fourth-order valence-corrected chi connectivity index (χ4v) is 4.91. The Morgan fingerprint density at radius 3 is 2.57 bits per heavy atom. The van der Waals surface area contributed by atoms with Crippen LogP contribution in [0.3, 0.4) is 0 Å². The Kier molecular flexibility index (Phi) is 5.70. The summed E-state index contributed by atoms with van der Waals surface area (Å²) >= 11 is 1.50. The van der Waals surface area contributed by atoms with Crippen LogP contribution in [0.15, 0.2) is 52.3 Å². The Labute approximate surface area is 178 Å². The van der Waals surface area contributed by atoms with E-state index in [1.165, 1.54) is 11.8 Å². The van der Waals surface area contributed by atoms with E-state index >= 15 is 0 Å². The van der Waals surface area contributed by atoms with Crippen molar-refractivity contribution >= 4 is 28.6 Å². The van der Waals surface area contributed by atoms with E-state index in [2.05, 4.69) is 9.97 Å². The number of nitrogens with zero attached hydrogens (tertiary/aromatic N) is 3. The quantitative estimate of drug-likeness (QED) is 0.455. The van der Waals surface area contributed by atoms with Gasteiger partial charge in [-0.15, -0.1) is 0 Å². The smallest absolute Gasteiger partial charge is 0.289 e. The summed E-state index contributed by atoms with van der Waals surface area (Å²) < 4.78 is 17.3. The van der Waals surface area contributed by atoms with Gasteiger partial charge in [-0.3, -0.25) is 4.79 Å². The van der Waals surface area contributed by atoms with E-state index in [1.54, 1.807) is 18.5 Å². The first kappa shape index (κ1) is 19.5. The lowest BCUT2D eigenvalue weighted by Gasteiger charge is -2.33. The molecule has 4 heterocycles. The standard InChI is InChI=1S/C22H23N3O4S/c26-20(25-10-6-15(7-11-25)21-27-12-13-28-21)19-17(14-30-22-23-8-3-9-24-22)16-4-1-2-5-18(16)29-19/h1-5,8-9,15,21H,6-7,10-14H2. The molecule has 0 unspecified atom stereocenters. The number of benzene rings is 1. The third-order valence-corrected chi connectivity index (χ3v) is 6.54.